The van der Waals surface area contributed by atoms with E-state index in [2.05, 4.69) is 17.1 Å². The minimum atomic E-state index is -0.727. The summed E-state index contributed by atoms with van der Waals surface area (Å²) in [6.45, 7) is 0.164. The van der Waals surface area contributed by atoms with Gasteiger partial charge in [-0.3, -0.25) is 0 Å². The predicted octanol–water partition coefficient (Wildman–Crippen LogP) is 1.02. The van der Waals surface area contributed by atoms with Gasteiger partial charge >= 0.3 is 0 Å². The van der Waals surface area contributed by atoms with Crippen molar-refractivity contribution in [1.82, 2.24) is 9.55 Å². The van der Waals surface area contributed by atoms with Gasteiger partial charge in [0.1, 0.15) is 5.82 Å². The number of hydrogen-bond donors (Lipinski definition) is 2. The molecule has 0 aliphatic carbocycles. The van der Waals surface area contributed by atoms with Gasteiger partial charge in [0.25, 0.3) is 0 Å². The van der Waals surface area contributed by atoms with E-state index in [1.165, 1.54) is 5.56 Å². The van der Waals surface area contributed by atoms with Crippen LogP contribution in [0, 0.1) is 0 Å². The Bertz CT molecular complexity index is 468. The van der Waals surface area contributed by atoms with Crippen molar-refractivity contribution in [3.8, 4) is 0 Å². The standard InChI is InChI=1S/C14H18N2O2/c17-11-13(18)10-16-9-8-15-14(16)7-6-12-4-2-1-3-5-12/h1-5,8-9,13,17-18H,6-7,10-11H2. The average molecular weight is 246 g/mol. The van der Waals surface area contributed by atoms with Crippen molar-refractivity contribution in [2.45, 2.75) is 25.5 Å². The summed E-state index contributed by atoms with van der Waals surface area (Å²) in [7, 11) is 0. The van der Waals surface area contributed by atoms with Crippen molar-refractivity contribution in [2.24, 2.45) is 0 Å². The maximum atomic E-state index is 9.44. The number of benzene rings is 1. The molecule has 4 heteroatoms. The maximum Gasteiger partial charge on any atom is 0.109 e. The van der Waals surface area contributed by atoms with E-state index in [4.69, 9.17) is 5.11 Å². The highest BCUT2D eigenvalue weighted by molar-refractivity contribution is 5.15. The van der Waals surface area contributed by atoms with Crippen LogP contribution < -0.4 is 0 Å². The molecule has 2 rings (SSSR count). The molecule has 1 aromatic heterocycles. The fraction of sp³-hybridized carbons (Fsp3) is 0.357. The smallest absolute Gasteiger partial charge is 0.109 e. The summed E-state index contributed by atoms with van der Waals surface area (Å²) < 4.78 is 1.89. The second kappa shape index (κ2) is 6.33. The zero-order valence-corrected chi connectivity index (χ0v) is 10.2. The molecule has 96 valence electrons. The molecule has 0 aliphatic rings. The number of hydrogen-bond acceptors (Lipinski definition) is 3. The largest absolute Gasteiger partial charge is 0.394 e. The van der Waals surface area contributed by atoms with Gasteiger partial charge in [0.15, 0.2) is 0 Å². The molecule has 0 saturated carbocycles. The summed E-state index contributed by atoms with van der Waals surface area (Å²) in [5, 5.41) is 18.3. The number of aliphatic hydroxyl groups is 2. The second-order valence-corrected chi connectivity index (χ2v) is 4.32. The molecule has 0 spiro atoms. The quantitative estimate of drug-likeness (QED) is 0.800. The number of nitrogens with zero attached hydrogens (tertiary/aromatic N) is 2. The van der Waals surface area contributed by atoms with Crippen molar-refractivity contribution in [2.75, 3.05) is 6.61 Å². The molecule has 2 aromatic rings. The topological polar surface area (TPSA) is 58.3 Å². The van der Waals surface area contributed by atoms with Crippen LogP contribution in [0.4, 0.5) is 0 Å². The van der Waals surface area contributed by atoms with Crippen LogP contribution in [0.2, 0.25) is 0 Å². The fourth-order valence-corrected chi connectivity index (χ4v) is 1.92. The average Bonchev–Trinajstić information content (AvgIpc) is 2.84. The van der Waals surface area contributed by atoms with Gasteiger partial charge in [0, 0.05) is 18.8 Å². The normalized spacial score (nSPS) is 12.6. The Balaban J connectivity index is 1.95. The van der Waals surface area contributed by atoms with Gasteiger partial charge in [-0.2, -0.15) is 0 Å². The Hall–Kier alpha value is -1.65. The zero-order valence-electron chi connectivity index (χ0n) is 10.2. The second-order valence-electron chi connectivity index (χ2n) is 4.32. The fourth-order valence-electron chi connectivity index (χ4n) is 1.92. The number of aliphatic hydroxyl groups excluding tert-OH is 2. The highest BCUT2D eigenvalue weighted by atomic mass is 16.3. The minimum Gasteiger partial charge on any atom is -0.394 e. The summed E-state index contributed by atoms with van der Waals surface area (Å²) in [5.74, 6) is 0.936. The molecule has 0 bridgehead atoms. The van der Waals surface area contributed by atoms with E-state index >= 15 is 0 Å². The lowest BCUT2D eigenvalue weighted by Gasteiger charge is -2.11. The van der Waals surface area contributed by atoms with Crippen LogP contribution in [0.15, 0.2) is 42.7 Å². The SMILES string of the molecule is OCC(O)Cn1ccnc1CCc1ccccc1. The van der Waals surface area contributed by atoms with Crippen LogP contribution >= 0.6 is 0 Å². The molecule has 2 N–H and O–H groups in total. The molecule has 0 aliphatic heterocycles. The zero-order chi connectivity index (χ0) is 12.8. The minimum absolute atomic E-state index is 0.226. The van der Waals surface area contributed by atoms with Gasteiger partial charge in [-0.15, -0.1) is 0 Å². The van der Waals surface area contributed by atoms with Crippen LogP contribution in [0.25, 0.3) is 0 Å². The first kappa shape index (κ1) is 12.8. The van der Waals surface area contributed by atoms with E-state index in [-0.39, 0.29) is 6.61 Å². The summed E-state index contributed by atoms with van der Waals surface area (Å²) in [4.78, 5) is 4.29. The van der Waals surface area contributed by atoms with E-state index in [0.717, 1.165) is 18.7 Å². The lowest BCUT2D eigenvalue weighted by atomic mass is 10.1. The molecule has 0 saturated heterocycles. The molecule has 0 fully saturated rings. The third-order valence-corrected chi connectivity index (χ3v) is 2.90. The molecule has 18 heavy (non-hydrogen) atoms. The number of imidazole rings is 1. The number of aryl methyl sites for hydroxylation is 2. The van der Waals surface area contributed by atoms with Crippen LogP contribution in [0.1, 0.15) is 11.4 Å². The Kier molecular flexibility index (Phi) is 4.50. The lowest BCUT2D eigenvalue weighted by Crippen LogP contribution is -2.21. The van der Waals surface area contributed by atoms with Gasteiger partial charge in [0.05, 0.1) is 19.3 Å². The van der Waals surface area contributed by atoms with Crippen molar-refractivity contribution in [3.63, 3.8) is 0 Å². The maximum absolute atomic E-state index is 9.44. The van der Waals surface area contributed by atoms with E-state index in [9.17, 15) is 5.11 Å². The summed E-state index contributed by atoms with van der Waals surface area (Å²) in [6, 6.07) is 10.2. The molecule has 1 aromatic carbocycles. The first-order valence-electron chi connectivity index (χ1n) is 6.12. The van der Waals surface area contributed by atoms with E-state index < -0.39 is 6.10 Å². The summed E-state index contributed by atoms with van der Waals surface area (Å²) in [6.07, 6.45) is 4.58. The van der Waals surface area contributed by atoms with E-state index in [1.54, 1.807) is 6.20 Å². The molecule has 1 heterocycles. The molecule has 0 amide bonds. The first-order chi connectivity index (χ1) is 8.79. The van der Waals surface area contributed by atoms with Crippen molar-refractivity contribution < 1.29 is 10.2 Å². The Morgan fingerprint density at radius 1 is 1.17 bits per heavy atom. The number of rotatable bonds is 6. The summed E-state index contributed by atoms with van der Waals surface area (Å²) in [5.41, 5.74) is 1.27. The Labute approximate surface area is 107 Å². The molecule has 1 unspecified atom stereocenters. The van der Waals surface area contributed by atoms with Crippen LogP contribution in [-0.2, 0) is 19.4 Å². The highest BCUT2D eigenvalue weighted by Gasteiger charge is 2.07. The van der Waals surface area contributed by atoms with Crippen LogP contribution in [-0.4, -0.2) is 32.5 Å². The van der Waals surface area contributed by atoms with E-state index in [1.807, 2.05) is 29.0 Å². The van der Waals surface area contributed by atoms with Gasteiger partial charge in [-0.25, -0.2) is 4.98 Å². The third kappa shape index (κ3) is 3.42. The summed E-state index contributed by atoms with van der Waals surface area (Å²) >= 11 is 0. The molecule has 0 radical (unpaired) electrons. The Morgan fingerprint density at radius 3 is 2.67 bits per heavy atom. The monoisotopic (exact) mass is 246 g/mol. The van der Waals surface area contributed by atoms with Crippen molar-refractivity contribution in [3.05, 3.63) is 54.1 Å². The molecular weight excluding hydrogens is 228 g/mol. The molecular formula is C14H18N2O2. The van der Waals surface area contributed by atoms with Gasteiger partial charge < -0.3 is 14.8 Å². The van der Waals surface area contributed by atoms with E-state index in [0.29, 0.717) is 6.54 Å². The Morgan fingerprint density at radius 2 is 1.94 bits per heavy atom. The number of aromatic nitrogens is 2. The molecule has 1 atom stereocenters. The van der Waals surface area contributed by atoms with Gasteiger partial charge in [-0.1, -0.05) is 30.3 Å². The van der Waals surface area contributed by atoms with Gasteiger partial charge in [0.2, 0.25) is 0 Å². The lowest BCUT2D eigenvalue weighted by molar-refractivity contribution is 0.0805. The van der Waals surface area contributed by atoms with Crippen molar-refractivity contribution >= 4 is 0 Å². The van der Waals surface area contributed by atoms with Gasteiger partial charge in [-0.05, 0) is 12.0 Å². The van der Waals surface area contributed by atoms with Crippen LogP contribution in [0.5, 0.6) is 0 Å². The first-order valence-corrected chi connectivity index (χ1v) is 6.12. The van der Waals surface area contributed by atoms with Crippen molar-refractivity contribution in [1.29, 1.82) is 0 Å². The van der Waals surface area contributed by atoms with Crippen LogP contribution in [0.3, 0.4) is 0 Å². The molecule has 4 nitrogen and oxygen atoms in total. The third-order valence-electron chi connectivity index (χ3n) is 2.90. The highest BCUT2D eigenvalue weighted by Crippen LogP contribution is 2.06. The predicted molar refractivity (Wildman–Crippen MR) is 69.2 cm³/mol.